The largest absolute Gasteiger partial charge is 0.440 e. The Morgan fingerprint density at radius 2 is 2.28 bits per heavy atom. The zero-order valence-corrected chi connectivity index (χ0v) is 11.5. The van der Waals surface area contributed by atoms with Crippen molar-refractivity contribution < 1.29 is 9.53 Å². The minimum absolute atomic E-state index is 0.321. The van der Waals surface area contributed by atoms with Gasteiger partial charge in [0.25, 0.3) is 0 Å². The molecule has 98 valence electrons. The van der Waals surface area contributed by atoms with E-state index in [1.54, 1.807) is 11.0 Å². The molecule has 1 aliphatic rings. The number of cyclic esters (lactones) is 1. The minimum Gasteiger partial charge on any atom is -0.440 e. The molecule has 0 aliphatic carbocycles. The summed E-state index contributed by atoms with van der Waals surface area (Å²) in [5, 5.41) is 3.66. The third-order valence-corrected chi connectivity index (χ3v) is 3.29. The van der Waals surface area contributed by atoms with Crippen LogP contribution < -0.4 is 10.2 Å². The number of hydrogen-bond donors (Lipinski definition) is 1. The Labute approximate surface area is 112 Å². The highest BCUT2D eigenvalue weighted by molar-refractivity contribution is 6.31. The van der Waals surface area contributed by atoms with Crippen LogP contribution in [0.4, 0.5) is 10.5 Å². The van der Waals surface area contributed by atoms with Gasteiger partial charge in [-0.3, -0.25) is 4.90 Å². The third-order valence-electron chi connectivity index (χ3n) is 3.06. The molecule has 1 fully saturated rings. The van der Waals surface area contributed by atoms with Crippen molar-refractivity contribution in [2.75, 3.05) is 25.0 Å². The second kappa shape index (κ2) is 4.78. The SMILES string of the molecule is CNCC1(C)CN(c2cc(Cl)ccc2C)C(=O)O1. The molecule has 1 aromatic rings. The molecule has 1 N–H and O–H groups in total. The number of carbonyl (C=O) groups is 1. The van der Waals surface area contributed by atoms with Crippen LogP contribution in [0, 0.1) is 6.92 Å². The zero-order valence-electron chi connectivity index (χ0n) is 10.8. The number of halogens is 1. The molecule has 1 heterocycles. The zero-order chi connectivity index (χ0) is 13.3. The summed E-state index contributed by atoms with van der Waals surface area (Å²) in [6, 6.07) is 5.51. The van der Waals surface area contributed by atoms with Crippen molar-refractivity contribution in [3.8, 4) is 0 Å². The molecule has 5 heteroatoms. The number of anilines is 1. The van der Waals surface area contributed by atoms with Crippen LogP contribution in [0.3, 0.4) is 0 Å². The molecule has 18 heavy (non-hydrogen) atoms. The van der Waals surface area contributed by atoms with Gasteiger partial charge in [0, 0.05) is 11.6 Å². The molecule has 1 aliphatic heterocycles. The van der Waals surface area contributed by atoms with Crippen LogP contribution in [0.1, 0.15) is 12.5 Å². The van der Waals surface area contributed by atoms with Crippen LogP contribution in [-0.4, -0.2) is 31.8 Å². The topological polar surface area (TPSA) is 41.6 Å². The molecular weight excluding hydrogens is 252 g/mol. The number of amides is 1. The van der Waals surface area contributed by atoms with Gasteiger partial charge >= 0.3 is 6.09 Å². The maximum atomic E-state index is 12.0. The van der Waals surface area contributed by atoms with Crippen molar-refractivity contribution in [1.29, 1.82) is 0 Å². The Bertz CT molecular complexity index is 478. The summed E-state index contributed by atoms with van der Waals surface area (Å²) in [5.41, 5.74) is 1.32. The number of benzene rings is 1. The van der Waals surface area contributed by atoms with E-state index >= 15 is 0 Å². The minimum atomic E-state index is -0.499. The number of ether oxygens (including phenoxy) is 1. The number of aryl methyl sites for hydroxylation is 1. The lowest BCUT2D eigenvalue weighted by atomic mass is 10.1. The van der Waals surface area contributed by atoms with Gasteiger partial charge in [-0.15, -0.1) is 0 Å². The number of rotatable bonds is 3. The average molecular weight is 269 g/mol. The maximum Gasteiger partial charge on any atom is 0.415 e. The van der Waals surface area contributed by atoms with Crippen LogP contribution in [0.25, 0.3) is 0 Å². The summed E-state index contributed by atoms with van der Waals surface area (Å²) < 4.78 is 5.43. The number of nitrogens with one attached hydrogen (secondary N) is 1. The summed E-state index contributed by atoms with van der Waals surface area (Å²) in [7, 11) is 1.84. The summed E-state index contributed by atoms with van der Waals surface area (Å²) in [4.78, 5) is 13.6. The van der Waals surface area contributed by atoms with Crippen molar-refractivity contribution in [3.63, 3.8) is 0 Å². The second-order valence-corrected chi connectivity index (χ2v) is 5.30. The molecular formula is C13H17ClN2O2. The molecule has 1 unspecified atom stereocenters. The van der Waals surface area contributed by atoms with Crippen LogP contribution >= 0.6 is 11.6 Å². The van der Waals surface area contributed by atoms with Gasteiger partial charge in [-0.2, -0.15) is 0 Å². The fraction of sp³-hybridized carbons (Fsp3) is 0.462. The quantitative estimate of drug-likeness (QED) is 0.916. The summed E-state index contributed by atoms with van der Waals surface area (Å²) >= 11 is 5.98. The van der Waals surface area contributed by atoms with E-state index in [0.717, 1.165) is 11.3 Å². The number of hydrogen-bond acceptors (Lipinski definition) is 3. The van der Waals surface area contributed by atoms with Crippen LogP contribution in [0.5, 0.6) is 0 Å². The Hall–Kier alpha value is -1.26. The molecule has 0 saturated carbocycles. The van der Waals surface area contributed by atoms with Crippen molar-refractivity contribution in [2.45, 2.75) is 19.4 Å². The lowest BCUT2D eigenvalue weighted by Gasteiger charge is -2.21. The smallest absolute Gasteiger partial charge is 0.415 e. The van der Waals surface area contributed by atoms with Gasteiger partial charge in [-0.1, -0.05) is 17.7 Å². The van der Waals surface area contributed by atoms with Crippen molar-refractivity contribution >= 4 is 23.4 Å². The van der Waals surface area contributed by atoms with Gasteiger partial charge in [0.15, 0.2) is 0 Å². The molecule has 0 radical (unpaired) electrons. The van der Waals surface area contributed by atoms with E-state index in [-0.39, 0.29) is 6.09 Å². The summed E-state index contributed by atoms with van der Waals surface area (Å²) in [6.07, 6.45) is -0.321. The fourth-order valence-electron chi connectivity index (χ4n) is 2.22. The first kappa shape index (κ1) is 13.2. The fourth-order valence-corrected chi connectivity index (χ4v) is 2.39. The van der Waals surface area contributed by atoms with E-state index in [2.05, 4.69) is 5.32 Å². The van der Waals surface area contributed by atoms with Crippen LogP contribution in [0.15, 0.2) is 18.2 Å². The number of nitrogens with zero attached hydrogens (tertiary/aromatic N) is 1. The summed E-state index contributed by atoms with van der Waals surface area (Å²) in [5.74, 6) is 0. The number of carbonyl (C=O) groups excluding carboxylic acids is 1. The van der Waals surface area contributed by atoms with E-state index in [4.69, 9.17) is 16.3 Å². The first-order chi connectivity index (χ1) is 8.45. The van der Waals surface area contributed by atoms with Gasteiger partial charge in [0.05, 0.1) is 12.2 Å². The Kier molecular flexibility index (Phi) is 3.50. The summed E-state index contributed by atoms with van der Waals surface area (Å²) in [6.45, 7) is 5.01. The van der Waals surface area contributed by atoms with E-state index in [1.807, 2.05) is 33.0 Å². The molecule has 1 aromatic carbocycles. The highest BCUT2D eigenvalue weighted by atomic mass is 35.5. The Morgan fingerprint density at radius 3 is 2.94 bits per heavy atom. The highest BCUT2D eigenvalue weighted by Crippen LogP contribution is 2.31. The maximum absolute atomic E-state index is 12.0. The van der Waals surface area contributed by atoms with Gasteiger partial charge in [0.2, 0.25) is 0 Å². The van der Waals surface area contributed by atoms with Crippen molar-refractivity contribution in [1.82, 2.24) is 5.32 Å². The van der Waals surface area contributed by atoms with E-state index in [1.165, 1.54) is 0 Å². The lowest BCUT2D eigenvalue weighted by Crippen LogP contribution is -2.40. The molecule has 0 bridgehead atoms. The van der Waals surface area contributed by atoms with E-state index < -0.39 is 5.60 Å². The standard InChI is InChI=1S/C13H17ClN2O2/c1-9-4-5-10(14)6-11(9)16-8-13(2,7-15-3)18-12(16)17/h4-6,15H,7-8H2,1-3H3. The number of likely N-dealkylation sites (N-methyl/N-ethyl adjacent to an activating group) is 1. The molecule has 2 rings (SSSR count). The van der Waals surface area contributed by atoms with Gasteiger partial charge in [0.1, 0.15) is 5.60 Å². The lowest BCUT2D eigenvalue weighted by molar-refractivity contribution is 0.0734. The molecule has 1 atom stereocenters. The third kappa shape index (κ3) is 2.44. The molecule has 4 nitrogen and oxygen atoms in total. The van der Waals surface area contributed by atoms with E-state index in [9.17, 15) is 4.79 Å². The first-order valence-corrected chi connectivity index (χ1v) is 6.24. The van der Waals surface area contributed by atoms with Gasteiger partial charge < -0.3 is 10.1 Å². The van der Waals surface area contributed by atoms with Gasteiger partial charge in [-0.05, 0) is 38.6 Å². The van der Waals surface area contributed by atoms with Crippen molar-refractivity contribution in [3.05, 3.63) is 28.8 Å². The van der Waals surface area contributed by atoms with Gasteiger partial charge in [-0.25, -0.2) is 4.79 Å². The van der Waals surface area contributed by atoms with Crippen LogP contribution in [0.2, 0.25) is 5.02 Å². The average Bonchev–Trinajstić information content (AvgIpc) is 2.58. The first-order valence-electron chi connectivity index (χ1n) is 5.86. The Balaban J connectivity index is 2.29. The van der Waals surface area contributed by atoms with E-state index in [0.29, 0.717) is 18.1 Å². The van der Waals surface area contributed by atoms with Crippen molar-refractivity contribution in [2.24, 2.45) is 0 Å². The normalized spacial score (nSPS) is 23.3. The predicted octanol–water partition coefficient (Wildman–Crippen LogP) is 2.58. The molecule has 0 aromatic heterocycles. The second-order valence-electron chi connectivity index (χ2n) is 4.87. The Morgan fingerprint density at radius 1 is 1.56 bits per heavy atom. The molecule has 1 amide bonds. The monoisotopic (exact) mass is 268 g/mol. The predicted molar refractivity (Wildman–Crippen MR) is 72.3 cm³/mol. The molecule has 0 spiro atoms. The molecule has 1 saturated heterocycles. The highest BCUT2D eigenvalue weighted by Gasteiger charge is 2.42. The van der Waals surface area contributed by atoms with Crippen LogP contribution in [-0.2, 0) is 4.74 Å².